The molecule has 3 atom stereocenters. The molecule has 1 aromatic rings. The lowest BCUT2D eigenvalue weighted by Crippen LogP contribution is -2.29. The Bertz CT molecular complexity index is 718. The standard InChI is InChI=1S/C17H18F2N2O3/c18-17(19)6-5-10-12(13(10)17)15(22)20-7-9-3-4-11(16(23)24)14(21-9)8-1-2-8/h3-4,8,10,12-13H,1-2,5-7H2,(H,20,22)(H,23,24)/t10-,12+,13-/m0/s1. The van der Waals surface area contributed by atoms with Crippen LogP contribution in [0.25, 0.3) is 0 Å². The summed E-state index contributed by atoms with van der Waals surface area (Å²) in [6.07, 6.45) is 2.13. The second-order valence-electron chi connectivity index (χ2n) is 7.05. The number of carbonyl (C=O) groups is 2. The lowest BCUT2D eigenvalue weighted by Gasteiger charge is -2.13. The fraction of sp³-hybridized carbons (Fsp3) is 0.588. The molecule has 0 aliphatic heterocycles. The van der Waals surface area contributed by atoms with E-state index in [0.29, 0.717) is 17.8 Å². The molecule has 0 aromatic carbocycles. The average molecular weight is 336 g/mol. The molecule has 3 saturated carbocycles. The third-order valence-electron chi connectivity index (χ3n) is 5.39. The highest BCUT2D eigenvalue weighted by atomic mass is 19.3. The van der Waals surface area contributed by atoms with E-state index >= 15 is 0 Å². The van der Waals surface area contributed by atoms with E-state index in [1.54, 1.807) is 6.07 Å². The number of alkyl halides is 2. The molecule has 0 spiro atoms. The van der Waals surface area contributed by atoms with Gasteiger partial charge < -0.3 is 10.4 Å². The number of carboxylic acid groups (broad SMARTS) is 1. The van der Waals surface area contributed by atoms with E-state index in [2.05, 4.69) is 10.3 Å². The van der Waals surface area contributed by atoms with Crippen LogP contribution in [0, 0.1) is 17.8 Å². The molecule has 24 heavy (non-hydrogen) atoms. The van der Waals surface area contributed by atoms with E-state index in [-0.39, 0.29) is 36.3 Å². The van der Waals surface area contributed by atoms with Gasteiger partial charge in [0, 0.05) is 18.3 Å². The van der Waals surface area contributed by atoms with Gasteiger partial charge in [0.2, 0.25) is 5.91 Å². The van der Waals surface area contributed by atoms with Gasteiger partial charge in [-0.3, -0.25) is 9.78 Å². The molecule has 1 aromatic heterocycles. The smallest absolute Gasteiger partial charge is 0.337 e. The van der Waals surface area contributed by atoms with Gasteiger partial charge in [0.15, 0.2) is 0 Å². The molecule has 3 aliphatic rings. The maximum Gasteiger partial charge on any atom is 0.337 e. The number of carbonyl (C=O) groups excluding carboxylic acids is 1. The molecule has 3 aliphatic carbocycles. The van der Waals surface area contributed by atoms with Crippen LogP contribution in [0.2, 0.25) is 0 Å². The van der Waals surface area contributed by atoms with Crippen molar-refractivity contribution in [2.75, 3.05) is 0 Å². The zero-order chi connectivity index (χ0) is 17.1. The van der Waals surface area contributed by atoms with Gasteiger partial charge in [-0.2, -0.15) is 0 Å². The minimum absolute atomic E-state index is 0.116. The Morgan fingerprint density at radius 2 is 2.04 bits per heavy atom. The number of fused-ring (bicyclic) bond motifs is 1. The van der Waals surface area contributed by atoms with Gasteiger partial charge in [0.05, 0.1) is 29.4 Å². The van der Waals surface area contributed by atoms with Crippen molar-refractivity contribution in [2.24, 2.45) is 17.8 Å². The second kappa shape index (κ2) is 5.22. The SMILES string of the molecule is O=C(O)c1ccc(CNC(=O)[C@@H]2[C@@H]3CCC(F)(F)[C@@H]32)nc1C1CC1. The Morgan fingerprint density at radius 3 is 2.62 bits per heavy atom. The number of rotatable bonds is 5. The van der Waals surface area contributed by atoms with Gasteiger partial charge in [-0.25, -0.2) is 13.6 Å². The third-order valence-corrected chi connectivity index (χ3v) is 5.39. The van der Waals surface area contributed by atoms with Gasteiger partial charge >= 0.3 is 5.97 Å². The third kappa shape index (κ3) is 2.56. The van der Waals surface area contributed by atoms with Crippen LogP contribution in [-0.4, -0.2) is 27.9 Å². The molecule has 1 amide bonds. The molecular weight excluding hydrogens is 318 g/mol. The number of nitrogens with zero attached hydrogens (tertiary/aromatic N) is 1. The highest BCUT2D eigenvalue weighted by molar-refractivity contribution is 5.89. The average Bonchev–Trinajstić information content (AvgIpc) is 3.43. The highest BCUT2D eigenvalue weighted by Gasteiger charge is 2.69. The molecule has 128 valence electrons. The molecule has 0 radical (unpaired) electrons. The molecular formula is C17H18F2N2O3. The number of nitrogens with one attached hydrogen (secondary N) is 1. The van der Waals surface area contributed by atoms with E-state index in [4.69, 9.17) is 0 Å². The van der Waals surface area contributed by atoms with E-state index in [9.17, 15) is 23.5 Å². The zero-order valence-corrected chi connectivity index (χ0v) is 13.0. The van der Waals surface area contributed by atoms with Crippen LogP contribution in [-0.2, 0) is 11.3 Å². The summed E-state index contributed by atoms with van der Waals surface area (Å²) < 4.78 is 27.1. The number of halogens is 2. The van der Waals surface area contributed by atoms with Crippen LogP contribution in [0.5, 0.6) is 0 Å². The zero-order valence-electron chi connectivity index (χ0n) is 13.0. The number of pyridine rings is 1. The Kier molecular flexibility index (Phi) is 3.37. The lowest BCUT2D eigenvalue weighted by atomic mass is 10.1. The molecule has 5 nitrogen and oxygen atoms in total. The first-order valence-corrected chi connectivity index (χ1v) is 8.27. The van der Waals surface area contributed by atoms with Crippen molar-refractivity contribution in [1.82, 2.24) is 10.3 Å². The highest BCUT2D eigenvalue weighted by Crippen LogP contribution is 2.64. The number of aromatic carboxylic acids is 1. The van der Waals surface area contributed by atoms with Crippen LogP contribution in [0.3, 0.4) is 0 Å². The van der Waals surface area contributed by atoms with Crippen LogP contribution < -0.4 is 5.32 Å². The topological polar surface area (TPSA) is 79.3 Å². The van der Waals surface area contributed by atoms with Crippen molar-refractivity contribution < 1.29 is 23.5 Å². The first-order valence-electron chi connectivity index (χ1n) is 8.27. The van der Waals surface area contributed by atoms with E-state index in [1.165, 1.54) is 6.07 Å². The normalized spacial score (nSPS) is 29.8. The lowest BCUT2D eigenvalue weighted by molar-refractivity contribution is -0.125. The summed E-state index contributed by atoms with van der Waals surface area (Å²) in [4.78, 5) is 27.7. The summed E-state index contributed by atoms with van der Waals surface area (Å²) >= 11 is 0. The molecule has 7 heteroatoms. The second-order valence-corrected chi connectivity index (χ2v) is 7.05. The predicted molar refractivity (Wildman–Crippen MR) is 79.7 cm³/mol. The van der Waals surface area contributed by atoms with Crippen LogP contribution in [0.4, 0.5) is 8.78 Å². The van der Waals surface area contributed by atoms with Gasteiger partial charge in [-0.05, 0) is 37.3 Å². The first-order chi connectivity index (χ1) is 11.4. The summed E-state index contributed by atoms with van der Waals surface area (Å²) in [7, 11) is 0. The summed E-state index contributed by atoms with van der Waals surface area (Å²) in [5.74, 6) is -5.48. The molecule has 2 N–H and O–H groups in total. The summed E-state index contributed by atoms with van der Waals surface area (Å²) in [6.45, 7) is 0.139. The Balaban J connectivity index is 1.41. The van der Waals surface area contributed by atoms with Crippen molar-refractivity contribution in [3.8, 4) is 0 Å². The fourth-order valence-corrected chi connectivity index (χ4v) is 3.95. The van der Waals surface area contributed by atoms with Crippen LogP contribution in [0.15, 0.2) is 12.1 Å². The van der Waals surface area contributed by atoms with Crippen molar-refractivity contribution in [2.45, 2.75) is 44.1 Å². The van der Waals surface area contributed by atoms with Crippen molar-refractivity contribution >= 4 is 11.9 Å². The summed E-state index contributed by atoms with van der Waals surface area (Å²) in [5, 5.41) is 11.9. The number of hydrogen-bond donors (Lipinski definition) is 2. The summed E-state index contributed by atoms with van der Waals surface area (Å²) in [5.41, 5.74) is 1.32. The molecule has 1 heterocycles. The minimum Gasteiger partial charge on any atom is -0.478 e. The van der Waals surface area contributed by atoms with Crippen molar-refractivity contribution in [1.29, 1.82) is 0 Å². The Morgan fingerprint density at radius 1 is 1.29 bits per heavy atom. The van der Waals surface area contributed by atoms with Gasteiger partial charge in [-0.15, -0.1) is 0 Å². The molecule has 4 rings (SSSR count). The summed E-state index contributed by atoms with van der Waals surface area (Å²) in [6, 6.07) is 3.07. The maximum atomic E-state index is 13.6. The first kappa shape index (κ1) is 15.5. The van der Waals surface area contributed by atoms with E-state index in [0.717, 1.165) is 12.8 Å². The minimum atomic E-state index is -2.72. The molecule has 3 fully saturated rings. The number of hydrogen-bond acceptors (Lipinski definition) is 3. The molecule has 0 saturated heterocycles. The number of aromatic nitrogens is 1. The fourth-order valence-electron chi connectivity index (χ4n) is 3.95. The van der Waals surface area contributed by atoms with Crippen LogP contribution >= 0.6 is 0 Å². The monoisotopic (exact) mass is 336 g/mol. The molecule has 0 unspecified atom stereocenters. The number of carboxylic acids is 1. The van der Waals surface area contributed by atoms with Gasteiger partial charge in [0.25, 0.3) is 5.92 Å². The Hall–Kier alpha value is -2.05. The number of amides is 1. The molecule has 0 bridgehead atoms. The van der Waals surface area contributed by atoms with Gasteiger partial charge in [-0.1, -0.05) is 0 Å². The Labute approximate surface area is 137 Å². The maximum absolute atomic E-state index is 13.6. The van der Waals surface area contributed by atoms with E-state index < -0.39 is 23.7 Å². The van der Waals surface area contributed by atoms with Crippen molar-refractivity contribution in [3.63, 3.8) is 0 Å². The van der Waals surface area contributed by atoms with Crippen LogP contribution in [0.1, 0.15) is 53.3 Å². The predicted octanol–water partition coefficient (Wildman–Crippen LogP) is 2.56. The van der Waals surface area contributed by atoms with E-state index in [1.807, 2.05) is 0 Å². The largest absolute Gasteiger partial charge is 0.478 e. The quantitative estimate of drug-likeness (QED) is 0.866. The van der Waals surface area contributed by atoms with Gasteiger partial charge in [0.1, 0.15) is 0 Å². The van der Waals surface area contributed by atoms with Crippen molar-refractivity contribution in [3.05, 3.63) is 29.1 Å².